The number of thiophene rings is 1. The van der Waals surface area contributed by atoms with E-state index in [4.69, 9.17) is 0 Å². The molecule has 0 aromatic carbocycles. The van der Waals surface area contributed by atoms with E-state index in [0.717, 1.165) is 30.1 Å². The van der Waals surface area contributed by atoms with Crippen LogP contribution in [0.15, 0.2) is 23.8 Å². The third-order valence-electron chi connectivity index (χ3n) is 4.27. The first-order valence-electron chi connectivity index (χ1n) is 8.16. The van der Waals surface area contributed by atoms with Crippen molar-refractivity contribution in [3.63, 3.8) is 0 Å². The van der Waals surface area contributed by atoms with E-state index in [1.807, 2.05) is 29.0 Å². The minimum atomic E-state index is -0.166. The molecule has 2 aromatic heterocycles. The predicted octanol–water partition coefficient (Wildman–Crippen LogP) is 1.53. The topological polar surface area (TPSA) is 80.1 Å². The zero-order valence-corrected chi connectivity index (χ0v) is 14.5. The largest absolute Gasteiger partial charge is 0.348 e. The highest BCUT2D eigenvalue weighted by Gasteiger charge is 2.29. The highest BCUT2D eigenvalue weighted by molar-refractivity contribution is 7.12. The van der Waals surface area contributed by atoms with Gasteiger partial charge in [-0.25, -0.2) is 0 Å². The van der Waals surface area contributed by atoms with Gasteiger partial charge in [-0.15, -0.1) is 21.5 Å². The Morgan fingerprint density at radius 1 is 1.46 bits per heavy atom. The summed E-state index contributed by atoms with van der Waals surface area (Å²) in [5.74, 6) is 0.575. The van der Waals surface area contributed by atoms with Crippen LogP contribution in [0.25, 0.3) is 0 Å². The highest BCUT2D eigenvalue weighted by atomic mass is 32.1. The SMILES string of the molecule is CCn1cnnc1CNC(=O)[C@@H]1CCCN(C(=O)c2cccs2)C1. The maximum absolute atomic E-state index is 12.4. The molecule has 0 bridgehead atoms. The number of piperidine rings is 1. The number of carbonyl (C=O) groups is 2. The van der Waals surface area contributed by atoms with Gasteiger partial charge in [0, 0.05) is 19.6 Å². The molecule has 0 radical (unpaired) electrons. The van der Waals surface area contributed by atoms with E-state index in [0.29, 0.717) is 19.6 Å². The fraction of sp³-hybridized carbons (Fsp3) is 0.500. The average Bonchev–Trinajstić information content (AvgIpc) is 3.30. The van der Waals surface area contributed by atoms with E-state index in [-0.39, 0.29) is 17.7 Å². The average molecular weight is 347 g/mol. The standard InChI is InChI=1S/C16H21N5O2S/c1-2-20-11-18-19-14(20)9-17-15(22)12-5-3-7-21(10-12)16(23)13-6-4-8-24-13/h4,6,8,11-12H,2-3,5,7,9-10H2,1H3,(H,17,22)/t12-/m1/s1. The van der Waals surface area contributed by atoms with Crippen molar-refractivity contribution < 1.29 is 9.59 Å². The number of carbonyl (C=O) groups excluding carboxylic acids is 2. The third-order valence-corrected chi connectivity index (χ3v) is 5.13. The van der Waals surface area contributed by atoms with E-state index in [1.54, 1.807) is 11.2 Å². The van der Waals surface area contributed by atoms with Gasteiger partial charge in [0.1, 0.15) is 6.33 Å². The number of aromatic nitrogens is 3. The van der Waals surface area contributed by atoms with Crippen molar-refractivity contribution in [2.75, 3.05) is 13.1 Å². The summed E-state index contributed by atoms with van der Waals surface area (Å²) < 4.78 is 1.90. The van der Waals surface area contributed by atoms with Crippen LogP contribution in [0.2, 0.25) is 0 Å². The number of nitrogens with one attached hydrogen (secondary N) is 1. The lowest BCUT2D eigenvalue weighted by Crippen LogP contribution is -2.45. The molecule has 0 saturated carbocycles. The Hall–Kier alpha value is -2.22. The number of aryl methyl sites for hydroxylation is 1. The van der Waals surface area contributed by atoms with Crippen molar-refractivity contribution in [3.05, 3.63) is 34.5 Å². The van der Waals surface area contributed by atoms with Crippen molar-refractivity contribution in [2.45, 2.75) is 32.9 Å². The van der Waals surface area contributed by atoms with Crippen molar-refractivity contribution in [1.29, 1.82) is 0 Å². The lowest BCUT2D eigenvalue weighted by molar-refractivity contribution is -0.126. The number of rotatable bonds is 5. The molecule has 2 amide bonds. The van der Waals surface area contributed by atoms with E-state index < -0.39 is 0 Å². The van der Waals surface area contributed by atoms with Crippen molar-refractivity contribution in [1.82, 2.24) is 25.0 Å². The Morgan fingerprint density at radius 3 is 3.08 bits per heavy atom. The van der Waals surface area contributed by atoms with Gasteiger partial charge in [-0.05, 0) is 31.2 Å². The van der Waals surface area contributed by atoms with Gasteiger partial charge < -0.3 is 14.8 Å². The molecular formula is C16H21N5O2S. The van der Waals surface area contributed by atoms with E-state index in [9.17, 15) is 9.59 Å². The van der Waals surface area contributed by atoms with Gasteiger partial charge in [0.15, 0.2) is 5.82 Å². The minimum Gasteiger partial charge on any atom is -0.348 e. The smallest absolute Gasteiger partial charge is 0.263 e. The van der Waals surface area contributed by atoms with Gasteiger partial charge in [0.2, 0.25) is 5.91 Å². The second kappa shape index (κ2) is 7.57. The maximum Gasteiger partial charge on any atom is 0.263 e. The first kappa shape index (κ1) is 16.6. The first-order chi connectivity index (χ1) is 11.7. The van der Waals surface area contributed by atoms with Gasteiger partial charge in [-0.3, -0.25) is 9.59 Å². The second-order valence-corrected chi connectivity index (χ2v) is 6.77. The summed E-state index contributed by atoms with van der Waals surface area (Å²) in [6.07, 6.45) is 3.31. The van der Waals surface area contributed by atoms with Crippen molar-refractivity contribution in [3.8, 4) is 0 Å². The van der Waals surface area contributed by atoms with Gasteiger partial charge in [-0.2, -0.15) is 0 Å². The molecule has 1 N–H and O–H groups in total. The molecule has 0 aliphatic carbocycles. The van der Waals surface area contributed by atoms with Crippen LogP contribution < -0.4 is 5.32 Å². The summed E-state index contributed by atoms with van der Waals surface area (Å²) in [6.45, 7) is 4.32. The molecule has 7 nitrogen and oxygen atoms in total. The molecule has 1 atom stereocenters. The molecule has 1 saturated heterocycles. The molecule has 24 heavy (non-hydrogen) atoms. The summed E-state index contributed by atoms with van der Waals surface area (Å²) in [5, 5.41) is 12.7. The third kappa shape index (κ3) is 3.64. The number of likely N-dealkylation sites (tertiary alicyclic amines) is 1. The summed E-state index contributed by atoms with van der Waals surface area (Å²) in [6, 6.07) is 3.70. The number of nitrogens with zero attached hydrogens (tertiary/aromatic N) is 4. The van der Waals surface area contributed by atoms with Crippen molar-refractivity contribution >= 4 is 23.2 Å². The van der Waals surface area contributed by atoms with Gasteiger partial charge in [-0.1, -0.05) is 6.07 Å². The zero-order valence-electron chi connectivity index (χ0n) is 13.6. The molecule has 1 fully saturated rings. The van der Waals surface area contributed by atoms with Crippen LogP contribution in [0.1, 0.15) is 35.3 Å². The Balaban J connectivity index is 1.56. The Labute approximate surface area is 144 Å². The molecule has 0 unspecified atom stereocenters. The fourth-order valence-corrected chi connectivity index (χ4v) is 3.61. The van der Waals surface area contributed by atoms with Crippen LogP contribution in [0, 0.1) is 5.92 Å². The molecule has 0 spiro atoms. The summed E-state index contributed by atoms with van der Waals surface area (Å²) >= 11 is 1.44. The van der Waals surface area contributed by atoms with Gasteiger partial charge in [0.05, 0.1) is 17.3 Å². The van der Waals surface area contributed by atoms with Crippen LogP contribution in [-0.4, -0.2) is 44.6 Å². The lowest BCUT2D eigenvalue weighted by atomic mass is 9.97. The molecule has 128 valence electrons. The summed E-state index contributed by atoms with van der Waals surface area (Å²) in [7, 11) is 0. The monoisotopic (exact) mass is 347 g/mol. The predicted molar refractivity (Wildman–Crippen MR) is 90.5 cm³/mol. The normalized spacial score (nSPS) is 17.7. The minimum absolute atomic E-state index is 0.0215. The molecule has 3 rings (SSSR count). The quantitative estimate of drug-likeness (QED) is 0.889. The first-order valence-corrected chi connectivity index (χ1v) is 9.04. The highest BCUT2D eigenvalue weighted by Crippen LogP contribution is 2.20. The zero-order chi connectivity index (χ0) is 16.9. The van der Waals surface area contributed by atoms with Crippen LogP contribution in [0.4, 0.5) is 0 Å². The summed E-state index contributed by atoms with van der Waals surface area (Å²) in [4.78, 5) is 27.4. The maximum atomic E-state index is 12.4. The van der Waals surface area contributed by atoms with Crippen LogP contribution in [0.5, 0.6) is 0 Å². The van der Waals surface area contributed by atoms with E-state index in [1.165, 1.54) is 11.3 Å². The van der Waals surface area contributed by atoms with E-state index >= 15 is 0 Å². The number of hydrogen-bond donors (Lipinski definition) is 1. The molecule has 8 heteroatoms. The molecular weight excluding hydrogens is 326 g/mol. The lowest BCUT2D eigenvalue weighted by Gasteiger charge is -2.31. The molecule has 1 aliphatic rings. The number of amides is 2. The molecule has 1 aliphatic heterocycles. The summed E-state index contributed by atoms with van der Waals surface area (Å²) in [5.41, 5.74) is 0. The van der Waals surface area contributed by atoms with E-state index in [2.05, 4.69) is 15.5 Å². The van der Waals surface area contributed by atoms with Crippen LogP contribution in [0.3, 0.4) is 0 Å². The van der Waals surface area contributed by atoms with Crippen LogP contribution >= 0.6 is 11.3 Å². The fourth-order valence-electron chi connectivity index (χ4n) is 2.92. The van der Waals surface area contributed by atoms with Gasteiger partial charge >= 0.3 is 0 Å². The number of hydrogen-bond acceptors (Lipinski definition) is 5. The Bertz CT molecular complexity index is 697. The Kier molecular flexibility index (Phi) is 5.24. The van der Waals surface area contributed by atoms with Crippen LogP contribution in [-0.2, 0) is 17.9 Å². The van der Waals surface area contributed by atoms with Gasteiger partial charge in [0.25, 0.3) is 5.91 Å². The molecule has 3 heterocycles. The van der Waals surface area contributed by atoms with Crippen molar-refractivity contribution in [2.24, 2.45) is 5.92 Å². The molecule has 2 aromatic rings. The second-order valence-electron chi connectivity index (χ2n) is 5.82. The Morgan fingerprint density at radius 2 is 2.33 bits per heavy atom.